The Bertz CT molecular complexity index is 287. The molecular weight excluding hydrogens is 228 g/mol. The number of carbonyl (C=O) groups is 1. The third-order valence-corrected chi connectivity index (χ3v) is 8.28. The Morgan fingerprint density at radius 1 is 1.29 bits per heavy atom. The molecule has 2 nitrogen and oxygen atoms in total. The molecule has 2 atom stereocenters. The van der Waals surface area contributed by atoms with Crippen molar-refractivity contribution in [3.63, 3.8) is 0 Å². The molecule has 0 radical (unpaired) electrons. The van der Waals surface area contributed by atoms with E-state index in [4.69, 9.17) is 4.43 Å². The first-order valence-electron chi connectivity index (χ1n) is 6.32. The molecule has 100 valence electrons. The van der Waals surface area contributed by atoms with Crippen LogP contribution < -0.4 is 0 Å². The fourth-order valence-corrected chi connectivity index (χ4v) is 2.73. The maximum Gasteiger partial charge on any atom is 0.192 e. The number of allylic oxidation sites excluding steroid dienone is 1. The highest BCUT2D eigenvalue weighted by Gasteiger charge is 2.40. The van der Waals surface area contributed by atoms with Crippen molar-refractivity contribution >= 4 is 14.6 Å². The molecule has 0 fully saturated rings. The van der Waals surface area contributed by atoms with Gasteiger partial charge in [0.1, 0.15) is 6.29 Å². The summed E-state index contributed by atoms with van der Waals surface area (Å²) in [5.74, 6) is -0.0830. The monoisotopic (exact) mass is 256 g/mol. The molecule has 0 saturated heterocycles. The molecule has 3 heteroatoms. The van der Waals surface area contributed by atoms with Gasteiger partial charge in [-0.05, 0) is 37.6 Å². The van der Waals surface area contributed by atoms with Crippen LogP contribution in [0, 0.1) is 5.92 Å². The molecule has 0 amide bonds. The van der Waals surface area contributed by atoms with Gasteiger partial charge in [0.25, 0.3) is 0 Å². The number of hydrogen-bond acceptors (Lipinski definition) is 2. The van der Waals surface area contributed by atoms with Gasteiger partial charge in [0.05, 0.1) is 6.10 Å². The highest BCUT2D eigenvalue weighted by molar-refractivity contribution is 6.74. The third kappa shape index (κ3) is 4.40. The molecule has 0 bridgehead atoms. The molecule has 0 heterocycles. The van der Waals surface area contributed by atoms with Crippen molar-refractivity contribution in [1.29, 1.82) is 0 Å². The van der Waals surface area contributed by atoms with Crippen LogP contribution in [0.5, 0.6) is 0 Å². The number of carbonyl (C=O) groups excluding carboxylic acids is 1. The molecule has 0 aliphatic heterocycles. The second-order valence-electron chi connectivity index (χ2n) is 6.33. The highest BCUT2D eigenvalue weighted by atomic mass is 28.4. The summed E-state index contributed by atoms with van der Waals surface area (Å²) >= 11 is 0. The molecule has 0 N–H and O–H groups in total. The minimum Gasteiger partial charge on any atom is -0.410 e. The molecule has 0 unspecified atom stereocenters. The van der Waals surface area contributed by atoms with E-state index in [1.54, 1.807) is 0 Å². The van der Waals surface area contributed by atoms with Gasteiger partial charge < -0.3 is 9.22 Å². The van der Waals surface area contributed by atoms with Crippen LogP contribution in [0.1, 0.15) is 41.5 Å². The first kappa shape index (κ1) is 16.6. The molecule has 0 spiro atoms. The van der Waals surface area contributed by atoms with Crippen molar-refractivity contribution in [1.82, 2.24) is 0 Å². The maximum atomic E-state index is 11.0. The predicted molar refractivity (Wildman–Crippen MR) is 76.7 cm³/mol. The van der Waals surface area contributed by atoms with Gasteiger partial charge in [0.15, 0.2) is 8.32 Å². The Morgan fingerprint density at radius 3 is 2.06 bits per heavy atom. The van der Waals surface area contributed by atoms with E-state index in [2.05, 4.69) is 33.9 Å². The van der Waals surface area contributed by atoms with E-state index in [0.717, 1.165) is 11.9 Å². The lowest BCUT2D eigenvalue weighted by molar-refractivity contribution is -0.112. The smallest absolute Gasteiger partial charge is 0.192 e. The fourth-order valence-electron chi connectivity index (χ4n) is 1.34. The van der Waals surface area contributed by atoms with Gasteiger partial charge in [-0.15, -0.1) is 0 Å². The van der Waals surface area contributed by atoms with Crippen LogP contribution in [-0.4, -0.2) is 20.7 Å². The zero-order chi connectivity index (χ0) is 13.9. The van der Waals surface area contributed by atoms with Crippen LogP contribution in [0.3, 0.4) is 0 Å². The van der Waals surface area contributed by atoms with E-state index in [0.29, 0.717) is 0 Å². The largest absolute Gasteiger partial charge is 0.410 e. The van der Waals surface area contributed by atoms with E-state index in [9.17, 15) is 4.79 Å². The van der Waals surface area contributed by atoms with Crippen molar-refractivity contribution in [2.24, 2.45) is 5.92 Å². The molecule has 0 aliphatic rings. The van der Waals surface area contributed by atoms with E-state index in [-0.39, 0.29) is 17.1 Å². The summed E-state index contributed by atoms with van der Waals surface area (Å²) in [6.45, 7) is 17.1. The summed E-state index contributed by atoms with van der Waals surface area (Å²) in [6, 6.07) is 0. The van der Waals surface area contributed by atoms with Gasteiger partial charge in [-0.25, -0.2) is 0 Å². The van der Waals surface area contributed by atoms with Crippen LogP contribution in [0.4, 0.5) is 0 Å². The number of rotatable bonds is 5. The van der Waals surface area contributed by atoms with Crippen LogP contribution >= 0.6 is 0 Å². The number of aldehydes is 1. The van der Waals surface area contributed by atoms with Crippen molar-refractivity contribution < 1.29 is 9.22 Å². The molecule has 0 aliphatic carbocycles. The van der Waals surface area contributed by atoms with E-state index in [1.807, 2.05) is 26.8 Å². The summed E-state index contributed by atoms with van der Waals surface area (Å²) in [5.41, 5.74) is 1.15. The lowest BCUT2D eigenvalue weighted by atomic mass is 10.00. The van der Waals surface area contributed by atoms with Gasteiger partial charge >= 0.3 is 0 Å². The summed E-state index contributed by atoms with van der Waals surface area (Å²) in [5, 5.41) is 0.169. The highest BCUT2D eigenvalue weighted by Crippen LogP contribution is 2.38. The van der Waals surface area contributed by atoms with E-state index in [1.165, 1.54) is 0 Å². The summed E-state index contributed by atoms with van der Waals surface area (Å²) in [7, 11) is -1.83. The summed E-state index contributed by atoms with van der Waals surface area (Å²) in [6.07, 6.45) is 2.96. The number of hydrogen-bond donors (Lipinski definition) is 0. The summed E-state index contributed by atoms with van der Waals surface area (Å²) in [4.78, 5) is 11.0. The second-order valence-corrected chi connectivity index (χ2v) is 11.1. The van der Waals surface area contributed by atoms with Gasteiger partial charge in [-0.2, -0.15) is 0 Å². The van der Waals surface area contributed by atoms with Gasteiger partial charge in [0.2, 0.25) is 0 Å². The van der Waals surface area contributed by atoms with Crippen LogP contribution in [-0.2, 0) is 9.22 Å². The minimum atomic E-state index is -1.83. The molecule has 0 aromatic heterocycles. The predicted octanol–water partition coefficient (Wildman–Crippen LogP) is 4.18. The first-order chi connectivity index (χ1) is 7.56. The van der Waals surface area contributed by atoms with Gasteiger partial charge in [-0.1, -0.05) is 33.8 Å². The average molecular weight is 256 g/mol. The van der Waals surface area contributed by atoms with E-state index >= 15 is 0 Å². The molecule has 0 saturated carbocycles. The SMILES string of the molecule is C/C=C(\C)[C@H](O[Si](C)(C)C(C)(C)C)[C@@H](C)C=O. The average Bonchev–Trinajstić information content (AvgIpc) is 2.22. The Morgan fingerprint density at radius 2 is 1.76 bits per heavy atom. The maximum absolute atomic E-state index is 11.0. The molecule has 0 aromatic carbocycles. The standard InChI is InChI=1S/C14H28O2Si/c1-9-11(2)13(12(3)10-15)16-17(7,8)14(4,5)6/h9-10,12-13H,1-8H3/b11-9+/t12-,13-/m0/s1. The summed E-state index contributed by atoms with van der Waals surface area (Å²) < 4.78 is 6.35. The Labute approximate surface area is 108 Å². The van der Waals surface area contributed by atoms with Crippen LogP contribution in [0.15, 0.2) is 11.6 Å². The Balaban J connectivity index is 5.07. The second kappa shape index (κ2) is 5.96. The van der Waals surface area contributed by atoms with Gasteiger partial charge in [-0.3, -0.25) is 0 Å². The Hall–Kier alpha value is -0.413. The quantitative estimate of drug-likeness (QED) is 0.419. The van der Waals surface area contributed by atoms with Gasteiger partial charge in [0, 0.05) is 5.92 Å². The first-order valence-corrected chi connectivity index (χ1v) is 9.23. The van der Waals surface area contributed by atoms with Crippen molar-refractivity contribution in [3.05, 3.63) is 11.6 Å². The van der Waals surface area contributed by atoms with Crippen molar-refractivity contribution in [2.45, 2.75) is 65.8 Å². The van der Waals surface area contributed by atoms with Crippen molar-refractivity contribution in [3.8, 4) is 0 Å². The van der Waals surface area contributed by atoms with E-state index < -0.39 is 8.32 Å². The lowest BCUT2D eigenvalue weighted by Gasteiger charge is -2.40. The topological polar surface area (TPSA) is 26.3 Å². The lowest BCUT2D eigenvalue weighted by Crippen LogP contribution is -2.46. The minimum absolute atomic E-state index is 0.0709. The third-order valence-electron chi connectivity index (χ3n) is 3.82. The molecular formula is C14H28O2Si. The zero-order valence-electron chi connectivity index (χ0n) is 12.6. The fraction of sp³-hybridized carbons (Fsp3) is 0.786. The van der Waals surface area contributed by atoms with Crippen LogP contribution in [0.25, 0.3) is 0 Å². The normalized spacial score (nSPS) is 17.8. The molecule has 0 rings (SSSR count). The zero-order valence-corrected chi connectivity index (χ0v) is 13.6. The molecule has 0 aromatic rings. The van der Waals surface area contributed by atoms with Crippen molar-refractivity contribution in [2.75, 3.05) is 0 Å². The van der Waals surface area contributed by atoms with Crippen LogP contribution in [0.2, 0.25) is 18.1 Å². The Kier molecular flexibility index (Phi) is 5.82. The molecule has 17 heavy (non-hydrogen) atoms.